The maximum atomic E-state index is 5.62. The second kappa shape index (κ2) is 9.29. The van der Waals surface area contributed by atoms with Gasteiger partial charge in [0.2, 0.25) is 0 Å². The van der Waals surface area contributed by atoms with Gasteiger partial charge in [-0.05, 0) is 46.5 Å². The van der Waals surface area contributed by atoms with Gasteiger partial charge in [-0.3, -0.25) is 4.72 Å². The molecule has 2 N–H and O–H groups in total. The maximum Gasteiger partial charge on any atom is 0.142 e. The van der Waals surface area contributed by atoms with Gasteiger partial charge in [0.15, 0.2) is 0 Å². The summed E-state index contributed by atoms with van der Waals surface area (Å²) in [5.74, 6) is 0.942. The number of nitrogens with one attached hydrogen (secondary N) is 2. The van der Waals surface area contributed by atoms with Crippen LogP contribution < -0.4 is 19.7 Å². The molecular weight excluding hydrogens is 390 g/mol. The maximum absolute atomic E-state index is 5.62. The smallest absolute Gasteiger partial charge is 0.142 e. The number of nitrogens with zero attached hydrogens (tertiary/aromatic N) is 1. The van der Waals surface area contributed by atoms with Crippen LogP contribution in [0.1, 0.15) is 19.4 Å². The Hall–Kier alpha value is -2.21. The summed E-state index contributed by atoms with van der Waals surface area (Å²) in [6, 6.07) is 21.7. The van der Waals surface area contributed by atoms with Crippen LogP contribution in [0.15, 0.2) is 65.6 Å². The highest BCUT2D eigenvalue weighted by atomic mass is 32.2. The van der Waals surface area contributed by atoms with Crippen LogP contribution in [0.5, 0.6) is 5.75 Å². The normalized spacial score (nSPS) is 14.8. The Balaban J connectivity index is 1.47. The summed E-state index contributed by atoms with van der Waals surface area (Å²) < 4.78 is 9.24. The van der Waals surface area contributed by atoms with Gasteiger partial charge in [-0.2, -0.15) is 0 Å². The van der Waals surface area contributed by atoms with Crippen LogP contribution in [0.25, 0.3) is 10.8 Å². The number of rotatable bonds is 7. The van der Waals surface area contributed by atoms with Gasteiger partial charge in [0, 0.05) is 43.0 Å². The Morgan fingerprint density at radius 3 is 2.60 bits per heavy atom. The molecular formula is C25H31N3OS. The standard InChI is InChI=1S/C25H31N3OS/c1-25(2,22-10-6-8-19-7-4-5-9-21(19)22)18-27-30-20-11-12-24(29-3)23(17-20)28-15-13-26-14-16-28/h4-12,17,26-27H,13-16,18H2,1-3H3. The molecule has 3 aromatic rings. The molecule has 0 radical (unpaired) electrons. The minimum Gasteiger partial charge on any atom is -0.495 e. The van der Waals surface area contributed by atoms with Crippen LogP contribution >= 0.6 is 11.9 Å². The van der Waals surface area contributed by atoms with Gasteiger partial charge < -0.3 is 15.0 Å². The van der Waals surface area contributed by atoms with E-state index in [1.165, 1.54) is 26.9 Å². The topological polar surface area (TPSA) is 36.5 Å². The Morgan fingerprint density at radius 2 is 1.80 bits per heavy atom. The summed E-state index contributed by atoms with van der Waals surface area (Å²) in [5, 5.41) is 6.05. The number of piperazine rings is 1. The second-order valence-electron chi connectivity index (χ2n) is 8.40. The number of benzene rings is 3. The Labute approximate surface area is 184 Å². The van der Waals surface area contributed by atoms with E-state index in [1.54, 1.807) is 19.1 Å². The molecule has 0 aromatic heterocycles. The fraction of sp³-hybridized carbons (Fsp3) is 0.360. The minimum absolute atomic E-state index is 0.0156. The van der Waals surface area contributed by atoms with E-state index in [0.717, 1.165) is 38.5 Å². The van der Waals surface area contributed by atoms with Crippen LogP contribution in [0, 0.1) is 0 Å². The van der Waals surface area contributed by atoms with Crippen molar-refractivity contribution in [1.29, 1.82) is 0 Å². The van der Waals surface area contributed by atoms with E-state index in [1.807, 2.05) is 0 Å². The number of anilines is 1. The van der Waals surface area contributed by atoms with Crippen LogP contribution in [0.2, 0.25) is 0 Å². The second-order valence-corrected chi connectivity index (χ2v) is 9.37. The molecule has 1 fully saturated rings. The molecule has 0 bridgehead atoms. The monoisotopic (exact) mass is 421 g/mol. The van der Waals surface area contributed by atoms with Crippen LogP contribution in [0.4, 0.5) is 5.69 Å². The molecule has 1 heterocycles. The highest BCUT2D eigenvalue weighted by molar-refractivity contribution is 7.97. The number of fused-ring (bicyclic) bond motifs is 1. The molecule has 1 aliphatic heterocycles. The SMILES string of the molecule is COc1ccc(SNCC(C)(C)c2cccc3ccccc23)cc1N1CCNCC1. The quantitative estimate of drug-likeness (QED) is 0.534. The van der Waals surface area contributed by atoms with E-state index in [4.69, 9.17) is 4.74 Å². The lowest BCUT2D eigenvalue weighted by atomic mass is 9.82. The molecule has 3 aromatic carbocycles. The van der Waals surface area contributed by atoms with Crippen molar-refractivity contribution in [2.75, 3.05) is 44.7 Å². The van der Waals surface area contributed by atoms with Gasteiger partial charge in [-0.1, -0.05) is 56.3 Å². The van der Waals surface area contributed by atoms with Crippen molar-refractivity contribution in [2.45, 2.75) is 24.2 Å². The molecule has 0 atom stereocenters. The van der Waals surface area contributed by atoms with Gasteiger partial charge in [-0.15, -0.1) is 0 Å². The number of methoxy groups -OCH3 is 1. The zero-order valence-electron chi connectivity index (χ0n) is 18.1. The summed E-state index contributed by atoms with van der Waals surface area (Å²) >= 11 is 1.70. The fourth-order valence-corrected chi connectivity index (χ4v) is 5.00. The van der Waals surface area contributed by atoms with Gasteiger partial charge >= 0.3 is 0 Å². The van der Waals surface area contributed by atoms with E-state index in [0.29, 0.717) is 0 Å². The van der Waals surface area contributed by atoms with Crippen molar-refractivity contribution in [1.82, 2.24) is 10.0 Å². The zero-order valence-corrected chi connectivity index (χ0v) is 18.9. The van der Waals surface area contributed by atoms with Gasteiger partial charge in [0.25, 0.3) is 0 Å². The van der Waals surface area contributed by atoms with Gasteiger partial charge in [0.1, 0.15) is 5.75 Å². The van der Waals surface area contributed by atoms with E-state index < -0.39 is 0 Å². The Kier molecular flexibility index (Phi) is 6.52. The van der Waals surface area contributed by atoms with Crippen molar-refractivity contribution < 1.29 is 4.74 Å². The van der Waals surface area contributed by atoms with E-state index >= 15 is 0 Å². The first-order chi connectivity index (χ1) is 14.6. The van der Waals surface area contributed by atoms with E-state index in [-0.39, 0.29) is 5.41 Å². The first-order valence-corrected chi connectivity index (χ1v) is 11.4. The summed E-state index contributed by atoms with van der Waals surface area (Å²) in [6.07, 6.45) is 0. The fourth-order valence-electron chi connectivity index (χ4n) is 4.10. The third kappa shape index (κ3) is 4.59. The van der Waals surface area contributed by atoms with Gasteiger partial charge in [-0.25, -0.2) is 0 Å². The highest BCUT2D eigenvalue weighted by Gasteiger charge is 2.23. The molecule has 0 amide bonds. The molecule has 158 valence electrons. The molecule has 1 aliphatic rings. The molecule has 4 nitrogen and oxygen atoms in total. The summed E-state index contributed by atoms with van der Waals surface area (Å²) in [6.45, 7) is 9.53. The highest BCUT2D eigenvalue weighted by Crippen LogP contribution is 2.34. The molecule has 0 saturated carbocycles. The number of hydrogen-bond donors (Lipinski definition) is 2. The summed E-state index contributed by atoms with van der Waals surface area (Å²) in [7, 11) is 1.75. The molecule has 0 aliphatic carbocycles. The minimum atomic E-state index is 0.0156. The molecule has 0 spiro atoms. The number of ether oxygens (including phenoxy) is 1. The van der Waals surface area contributed by atoms with Crippen LogP contribution in [-0.2, 0) is 5.41 Å². The zero-order chi connectivity index (χ0) is 21.0. The van der Waals surface area contributed by atoms with Crippen LogP contribution in [-0.4, -0.2) is 39.8 Å². The number of hydrogen-bond acceptors (Lipinski definition) is 5. The van der Waals surface area contributed by atoms with Crippen molar-refractivity contribution in [3.8, 4) is 5.75 Å². The Morgan fingerprint density at radius 1 is 1.03 bits per heavy atom. The lowest BCUT2D eigenvalue weighted by Crippen LogP contribution is -2.43. The average molecular weight is 422 g/mol. The van der Waals surface area contributed by atoms with Crippen molar-refractivity contribution in [3.63, 3.8) is 0 Å². The molecule has 4 rings (SSSR count). The lowest BCUT2D eigenvalue weighted by molar-refractivity contribution is 0.412. The summed E-state index contributed by atoms with van der Waals surface area (Å²) in [4.78, 5) is 3.61. The van der Waals surface area contributed by atoms with Crippen molar-refractivity contribution >= 4 is 28.4 Å². The first kappa shape index (κ1) is 21.0. The lowest BCUT2D eigenvalue weighted by Gasteiger charge is -2.31. The van der Waals surface area contributed by atoms with Crippen molar-refractivity contribution in [3.05, 3.63) is 66.2 Å². The molecule has 0 unspecified atom stereocenters. The third-order valence-corrected chi connectivity index (χ3v) is 6.61. The van der Waals surface area contributed by atoms with Crippen molar-refractivity contribution in [2.24, 2.45) is 0 Å². The molecule has 5 heteroatoms. The summed E-state index contributed by atoms with van der Waals surface area (Å²) in [5.41, 5.74) is 2.57. The van der Waals surface area contributed by atoms with Crippen LogP contribution in [0.3, 0.4) is 0 Å². The average Bonchev–Trinajstić information content (AvgIpc) is 2.79. The Bertz CT molecular complexity index is 993. The predicted molar refractivity (Wildman–Crippen MR) is 129 cm³/mol. The van der Waals surface area contributed by atoms with Gasteiger partial charge in [0.05, 0.1) is 12.8 Å². The third-order valence-electron chi connectivity index (χ3n) is 5.83. The van der Waals surface area contributed by atoms with E-state index in [9.17, 15) is 0 Å². The molecule has 30 heavy (non-hydrogen) atoms. The predicted octanol–water partition coefficient (Wildman–Crippen LogP) is 4.83. The molecule has 1 saturated heterocycles. The first-order valence-electron chi connectivity index (χ1n) is 10.6. The largest absolute Gasteiger partial charge is 0.495 e. The van der Waals surface area contributed by atoms with E-state index in [2.05, 4.69) is 89.4 Å².